The molecule has 0 bridgehead atoms. The second-order valence-corrected chi connectivity index (χ2v) is 12.4. The van der Waals surface area contributed by atoms with Crippen LogP contribution in [0.4, 0.5) is 5.69 Å². The molecule has 0 fully saturated rings. The maximum absolute atomic E-state index is 9.67. The van der Waals surface area contributed by atoms with E-state index in [1.165, 1.54) is 10.8 Å². The van der Waals surface area contributed by atoms with E-state index in [0.29, 0.717) is 11.3 Å². The van der Waals surface area contributed by atoms with E-state index in [0.717, 1.165) is 71.7 Å². The van der Waals surface area contributed by atoms with Gasteiger partial charge in [-0.1, -0.05) is 72.8 Å². The van der Waals surface area contributed by atoms with E-state index in [-0.39, 0.29) is 0 Å². The molecule has 10 aromatic rings. The van der Waals surface area contributed by atoms with Crippen LogP contribution >= 0.6 is 0 Å². The first-order valence-corrected chi connectivity index (χ1v) is 16.2. The molecule has 5 nitrogen and oxygen atoms in total. The van der Waals surface area contributed by atoms with Gasteiger partial charge in [-0.2, -0.15) is 5.26 Å². The SMILES string of the molecule is [C-]#[N+]c1cc(-n2c3ccccc3c3cc(C#N)ccc32)cc(-n2c3ccccc3c3cc4c5ccccc5n(-c5ccccc5)c4cc32)c1. The van der Waals surface area contributed by atoms with Gasteiger partial charge in [0.05, 0.1) is 51.3 Å². The summed E-state index contributed by atoms with van der Waals surface area (Å²) in [6, 6.07) is 54.8. The van der Waals surface area contributed by atoms with Crippen molar-refractivity contribution in [1.82, 2.24) is 13.7 Å². The van der Waals surface area contributed by atoms with Gasteiger partial charge >= 0.3 is 0 Å². The van der Waals surface area contributed by atoms with E-state index < -0.39 is 0 Å². The molecule has 0 N–H and O–H groups in total. The van der Waals surface area contributed by atoms with Crippen LogP contribution in [0, 0.1) is 17.9 Å². The maximum atomic E-state index is 9.67. The monoisotopic (exact) mass is 623 g/mol. The number of fused-ring (bicyclic) bond motifs is 9. The molecule has 226 valence electrons. The quantitative estimate of drug-likeness (QED) is 0.181. The fourth-order valence-corrected chi connectivity index (χ4v) is 7.79. The minimum Gasteiger partial charge on any atom is -0.310 e. The molecule has 49 heavy (non-hydrogen) atoms. The highest BCUT2D eigenvalue weighted by molar-refractivity contribution is 6.19. The number of hydrogen-bond donors (Lipinski definition) is 0. The van der Waals surface area contributed by atoms with Crippen LogP contribution in [-0.4, -0.2) is 13.7 Å². The lowest BCUT2D eigenvalue weighted by Crippen LogP contribution is -1.99. The molecule has 3 aromatic heterocycles. The Balaban J connectivity index is 1.32. The summed E-state index contributed by atoms with van der Waals surface area (Å²) < 4.78 is 6.86. The van der Waals surface area contributed by atoms with E-state index >= 15 is 0 Å². The Bertz CT molecular complexity index is 3070. The minimum absolute atomic E-state index is 0.553. The van der Waals surface area contributed by atoms with Crippen molar-refractivity contribution in [1.29, 1.82) is 5.26 Å². The first-order valence-electron chi connectivity index (χ1n) is 16.2. The van der Waals surface area contributed by atoms with Crippen LogP contribution in [0.5, 0.6) is 0 Å². The Hall–Kier alpha value is -7.08. The topological polar surface area (TPSA) is 42.9 Å². The predicted octanol–water partition coefficient (Wildman–Crippen LogP) is 11.4. The molecular formula is C44H25N5. The minimum atomic E-state index is 0.553. The number of aromatic nitrogens is 3. The molecule has 3 heterocycles. The first kappa shape index (κ1) is 27.1. The van der Waals surface area contributed by atoms with Crippen LogP contribution in [0.1, 0.15) is 5.56 Å². The predicted molar refractivity (Wildman–Crippen MR) is 200 cm³/mol. The first-order chi connectivity index (χ1) is 24.2. The Morgan fingerprint density at radius 3 is 1.43 bits per heavy atom. The molecule has 5 heteroatoms. The maximum Gasteiger partial charge on any atom is 0.191 e. The molecule has 0 amide bonds. The molecule has 0 spiro atoms. The summed E-state index contributed by atoms with van der Waals surface area (Å²) >= 11 is 0. The van der Waals surface area contributed by atoms with Crippen LogP contribution < -0.4 is 0 Å². The Morgan fingerprint density at radius 1 is 0.408 bits per heavy atom. The second-order valence-electron chi connectivity index (χ2n) is 12.4. The molecular weight excluding hydrogens is 599 g/mol. The smallest absolute Gasteiger partial charge is 0.191 e. The fraction of sp³-hybridized carbons (Fsp3) is 0. The van der Waals surface area contributed by atoms with Gasteiger partial charge in [-0.25, -0.2) is 4.85 Å². The fourth-order valence-electron chi connectivity index (χ4n) is 7.79. The highest BCUT2D eigenvalue weighted by Crippen LogP contribution is 2.41. The number of benzene rings is 7. The number of para-hydroxylation sites is 4. The van der Waals surface area contributed by atoms with Crippen molar-refractivity contribution in [3.05, 3.63) is 169 Å². The Labute approximate surface area is 281 Å². The summed E-state index contributed by atoms with van der Waals surface area (Å²) in [5.74, 6) is 0. The molecule has 0 aliphatic heterocycles. The molecule has 0 radical (unpaired) electrons. The molecule has 0 saturated heterocycles. The van der Waals surface area contributed by atoms with Gasteiger partial charge in [0.1, 0.15) is 0 Å². The van der Waals surface area contributed by atoms with Crippen molar-refractivity contribution in [2.45, 2.75) is 0 Å². The highest BCUT2D eigenvalue weighted by Gasteiger charge is 2.20. The summed E-state index contributed by atoms with van der Waals surface area (Å²) in [5, 5.41) is 16.5. The molecule has 0 atom stereocenters. The zero-order chi connectivity index (χ0) is 32.6. The van der Waals surface area contributed by atoms with Crippen molar-refractivity contribution in [2.75, 3.05) is 0 Å². The zero-order valence-corrected chi connectivity index (χ0v) is 26.2. The van der Waals surface area contributed by atoms with Crippen molar-refractivity contribution in [3.8, 4) is 23.1 Å². The standard InChI is InChI=1S/C44H25N5/c1-46-29-22-31(48-40-17-9-5-13-33(40)36-21-28(27-45)19-20-42(36)48)24-32(23-29)49-41-18-10-7-15-35(41)38-25-37-34-14-6-8-16-39(34)47(43(37)26-44(38)49)30-11-3-2-4-12-30/h2-26H. The summed E-state index contributed by atoms with van der Waals surface area (Å²) in [7, 11) is 0. The summed E-state index contributed by atoms with van der Waals surface area (Å²) in [4.78, 5) is 3.97. The molecule has 0 aliphatic carbocycles. The third kappa shape index (κ3) is 3.85. The normalized spacial score (nSPS) is 11.6. The number of nitrogens with zero attached hydrogens (tertiary/aromatic N) is 5. The third-order valence-corrected chi connectivity index (χ3v) is 9.81. The number of hydrogen-bond acceptors (Lipinski definition) is 1. The average Bonchev–Trinajstić information content (AvgIpc) is 3.79. The van der Waals surface area contributed by atoms with Crippen LogP contribution in [0.3, 0.4) is 0 Å². The van der Waals surface area contributed by atoms with Gasteiger partial charge in [0, 0.05) is 49.4 Å². The van der Waals surface area contributed by atoms with Crippen LogP contribution in [0.2, 0.25) is 0 Å². The van der Waals surface area contributed by atoms with E-state index in [1.54, 1.807) is 0 Å². The lowest BCUT2D eigenvalue weighted by Gasteiger charge is -2.14. The summed E-state index contributed by atoms with van der Waals surface area (Å²) in [5.41, 5.74) is 10.5. The van der Waals surface area contributed by atoms with Crippen molar-refractivity contribution < 1.29 is 0 Å². The second kappa shape index (κ2) is 10.2. The van der Waals surface area contributed by atoms with E-state index in [4.69, 9.17) is 6.57 Å². The van der Waals surface area contributed by atoms with E-state index in [1.807, 2.05) is 42.5 Å². The number of nitriles is 1. The largest absolute Gasteiger partial charge is 0.310 e. The summed E-state index contributed by atoms with van der Waals surface area (Å²) in [6.07, 6.45) is 0. The summed E-state index contributed by atoms with van der Waals surface area (Å²) in [6.45, 7) is 8.15. The van der Waals surface area contributed by atoms with E-state index in [9.17, 15) is 5.26 Å². The van der Waals surface area contributed by atoms with Gasteiger partial charge in [0.25, 0.3) is 0 Å². The lowest BCUT2D eigenvalue weighted by atomic mass is 10.1. The molecule has 10 rings (SSSR count). The van der Waals surface area contributed by atoms with Crippen molar-refractivity contribution in [3.63, 3.8) is 0 Å². The van der Waals surface area contributed by atoms with Crippen molar-refractivity contribution in [2.24, 2.45) is 0 Å². The number of rotatable bonds is 3. The van der Waals surface area contributed by atoms with Gasteiger partial charge in [0.2, 0.25) is 0 Å². The van der Waals surface area contributed by atoms with Gasteiger partial charge in [0.15, 0.2) is 5.69 Å². The average molecular weight is 624 g/mol. The lowest BCUT2D eigenvalue weighted by molar-refractivity contribution is 1.13. The van der Waals surface area contributed by atoms with Gasteiger partial charge in [-0.15, -0.1) is 0 Å². The van der Waals surface area contributed by atoms with Gasteiger partial charge in [-0.05, 0) is 78.9 Å². The zero-order valence-electron chi connectivity index (χ0n) is 26.2. The van der Waals surface area contributed by atoms with Crippen molar-refractivity contribution >= 4 is 71.1 Å². The molecule has 0 aliphatic rings. The molecule has 0 unspecified atom stereocenters. The van der Waals surface area contributed by atoms with Crippen LogP contribution in [0.15, 0.2) is 152 Å². The Morgan fingerprint density at radius 2 is 0.878 bits per heavy atom. The van der Waals surface area contributed by atoms with Gasteiger partial charge < -0.3 is 13.7 Å². The molecule has 0 saturated carbocycles. The molecule has 7 aromatic carbocycles. The van der Waals surface area contributed by atoms with Gasteiger partial charge in [-0.3, -0.25) is 0 Å². The third-order valence-electron chi connectivity index (χ3n) is 9.81. The Kier molecular flexibility index (Phi) is 5.64. The van der Waals surface area contributed by atoms with Crippen LogP contribution in [-0.2, 0) is 0 Å². The highest BCUT2D eigenvalue weighted by atomic mass is 15.0. The van der Waals surface area contributed by atoms with Crippen LogP contribution in [0.25, 0.3) is 87.3 Å². The van der Waals surface area contributed by atoms with E-state index in [2.05, 4.69) is 134 Å².